The summed E-state index contributed by atoms with van der Waals surface area (Å²) in [7, 11) is 1.32. The predicted molar refractivity (Wildman–Crippen MR) is 91.4 cm³/mol. The maximum atomic E-state index is 12.4. The molecule has 0 bridgehead atoms. The molecule has 2 heterocycles. The van der Waals surface area contributed by atoms with E-state index in [1.165, 1.54) is 7.11 Å². The van der Waals surface area contributed by atoms with Crippen LogP contribution in [0.25, 0.3) is 0 Å². The molecule has 1 aliphatic heterocycles. The molecular formula is C18H20N4O3. The second-order valence-electron chi connectivity index (χ2n) is 5.93. The van der Waals surface area contributed by atoms with E-state index in [0.717, 1.165) is 5.56 Å². The maximum Gasteiger partial charge on any atom is 0.337 e. The van der Waals surface area contributed by atoms with Crippen LogP contribution in [0.1, 0.15) is 39.2 Å². The van der Waals surface area contributed by atoms with Gasteiger partial charge in [-0.1, -0.05) is 6.92 Å². The Labute approximate surface area is 145 Å². The molecule has 1 fully saturated rings. The first kappa shape index (κ1) is 17.1. The number of hydrogen-bond acceptors (Lipinski definition) is 6. The summed E-state index contributed by atoms with van der Waals surface area (Å²) in [6, 6.07) is 10.3. The summed E-state index contributed by atoms with van der Waals surface area (Å²) in [4.78, 5) is 27.9. The highest BCUT2D eigenvalue weighted by atomic mass is 16.5. The number of aromatic nitrogens is 1. The monoisotopic (exact) mass is 340 g/mol. The molecule has 3 unspecified atom stereocenters. The number of benzene rings is 1. The summed E-state index contributed by atoms with van der Waals surface area (Å²) in [6.45, 7) is 2.06. The van der Waals surface area contributed by atoms with Crippen LogP contribution in [0.2, 0.25) is 0 Å². The second kappa shape index (κ2) is 7.42. The molecule has 2 aromatic rings. The molecule has 1 aliphatic rings. The lowest BCUT2D eigenvalue weighted by molar-refractivity contribution is 0.0600. The zero-order valence-electron chi connectivity index (χ0n) is 14.0. The van der Waals surface area contributed by atoms with Crippen LogP contribution in [0, 0.1) is 5.92 Å². The smallest absolute Gasteiger partial charge is 0.337 e. The van der Waals surface area contributed by atoms with Crippen molar-refractivity contribution in [3.8, 4) is 0 Å². The van der Waals surface area contributed by atoms with Crippen molar-refractivity contribution in [1.82, 2.24) is 21.2 Å². The molecule has 0 radical (unpaired) electrons. The molecule has 7 nitrogen and oxygen atoms in total. The fraction of sp³-hybridized carbons (Fsp3) is 0.278. The summed E-state index contributed by atoms with van der Waals surface area (Å²) >= 11 is 0. The van der Waals surface area contributed by atoms with Crippen molar-refractivity contribution in [2.24, 2.45) is 5.92 Å². The van der Waals surface area contributed by atoms with Gasteiger partial charge < -0.3 is 10.1 Å². The summed E-state index contributed by atoms with van der Waals surface area (Å²) < 4.78 is 4.65. The van der Waals surface area contributed by atoms with Gasteiger partial charge in [-0.3, -0.25) is 9.78 Å². The summed E-state index contributed by atoms with van der Waals surface area (Å²) in [5.41, 5.74) is 8.32. The van der Waals surface area contributed by atoms with Crippen LogP contribution >= 0.6 is 0 Å². The number of hydrogen-bond donors (Lipinski definition) is 3. The molecule has 25 heavy (non-hydrogen) atoms. The standard InChI is InChI=1S/C18H20N4O3/c1-11-15(12-7-9-19-10-8-12)21-22-16(11)20-17(23)13-3-5-14(6-4-13)18(24)25-2/h3-11,15-16,21-22H,1-2H3,(H,20,23). The van der Waals surface area contributed by atoms with Gasteiger partial charge in [-0.2, -0.15) is 0 Å². The minimum Gasteiger partial charge on any atom is -0.465 e. The minimum atomic E-state index is -0.428. The van der Waals surface area contributed by atoms with E-state index in [1.807, 2.05) is 12.1 Å². The van der Waals surface area contributed by atoms with Gasteiger partial charge in [0, 0.05) is 23.9 Å². The lowest BCUT2D eigenvalue weighted by Gasteiger charge is -2.19. The van der Waals surface area contributed by atoms with Crippen molar-refractivity contribution >= 4 is 11.9 Å². The number of carbonyl (C=O) groups excluding carboxylic acids is 2. The largest absolute Gasteiger partial charge is 0.465 e. The van der Waals surface area contributed by atoms with Crippen molar-refractivity contribution in [2.45, 2.75) is 19.1 Å². The number of ether oxygens (including phenoxy) is 1. The van der Waals surface area contributed by atoms with E-state index in [2.05, 4.69) is 32.8 Å². The van der Waals surface area contributed by atoms with Gasteiger partial charge in [0.25, 0.3) is 5.91 Å². The van der Waals surface area contributed by atoms with Gasteiger partial charge in [0.1, 0.15) is 0 Å². The first-order chi connectivity index (χ1) is 12.1. The van der Waals surface area contributed by atoms with Gasteiger partial charge in [-0.25, -0.2) is 15.6 Å². The number of nitrogens with one attached hydrogen (secondary N) is 3. The zero-order valence-corrected chi connectivity index (χ0v) is 14.0. The molecular weight excluding hydrogens is 320 g/mol. The van der Waals surface area contributed by atoms with Crippen molar-refractivity contribution in [3.05, 3.63) is 65.5 Å². The Hall–Kier alpha value is -2.77. The highest BCUT2D eigenvalue weighted by Crippen LogP contribution is 2.26. The molecule has 3 N–H and O–H groups in total. The van der Waals surface area contributed by atoms with Crippen LogP contribution < -0.4 is 16.2 Å². The van der Waals surface area contributed by atoms with E-state index in [1.54, 1.807) is 36.7 Å². The number of pyridine rings is 1. The van der Waals surface area contributed by atoms with Crippen molar-refractivity contribution in [2.75, 3.05) is 7.11 Å². The number of nitrogens with zero attached hydrogens (tertiary/aromatic N) is 1. The normalized spacial score (nSPS) is 22.4. The highest BCUT2D eigenvalue weighted by molar-refractivity contribution is 5.96. The van der Waals surface area contributed by atoms with E-state index in [0.29, 0.717) is 11.1 Å². The number of rotatable bonds is 4. The van der Waals surface area contributed by atoms with E-state index in [9.17, 15) is 9.59 Å². The third-order valence-electron chi connectivity index (χ3n) is 4.37. The molecule has 0 spiro atoms. The number of carbonyl (C=O) groups is 2. The Bertz CT molecular complexity index is 749. The molecule has 0 aliphatic carbocycles. The number of methoxy groups -OCH3 is 1. The molecule has 3 atom stereocenters. The van der Waals surface area contributed by atoms with Crippen molar-refractivity contribution in [3.63, 3.8) is 0 Å². The average molecular weight is 340 g/mol. The van der Waals surface area contributed by atoms with Gasteiger partial charge in [-0.15, -0.1) is 0 Å². The Morgan fingerprint density at radius 2 is 1.68 bits per heavy atom. The molecule has 130 valence electrons. The zero-order chi connectivity index (χ0) is 17.8. The molecule has 7 heteroatoms. The minimum absolute atomic E-state index is 0.0787. The van der Waals surface area contributed by atoms with Crippen LogP contribution in [0.4, 0.5) is 0 Å². The first-order valence-electron chi connectivity index (χ1n) is 8.00. The van der Waals surface area contributed by atoms with E-state index in [-0.39, 0.29) is 24.0 Å². The molecule has 3 rings (SSSR count). The Balaban J connectivity index is 1.64. The van der Waals surface area contributed by atoms with Gasteiger partial charge in [0.15, 0.2) is 0 Å². The number of esters is 1. The molecule has 1 aromatic heterocycles. The average Bonchev–Trinajstić information content (AvgIpc) is 3.02. The quantitative estimate of drug-likeness (QED) is 0.729. The number of hydrazine groups is 1. The maximum absolute atomic E-state index is 12.4. The van der Waals surface area contributed by atoms with Crippen molar-refractivity contribution < 1.29 is 14.3 Å². The summed E-state index contributed by atoms with van der Waals surface area (Å²) in [6.07, 6.45) is 3.28. The van der Waals surface area contributed by atoms with Crippen LogP contribution in [-0.4, -0.2) is 30.1 Å². The van der Waals surface area contributed by atoms with Crippen LogP contribution in [0.15, 0.2) is 48.8 Å². The Morgan fingerprint density at radius 1 is 1.04 bits per heavy atom. The highest BCUT2D eigenvalue weighted by Gasteiger charge is 2.34. The molecule has 1 amide bonds. The lowest BCUT2D eigenvalue weighted by atomic mass is 9.95. The van der Waals surface area contributed by atoms with E-state index < -0.39 is 5.97 Å². The SMILES string of the molecule is COC(=O)c1ccc(C(=O)NC2NNC(c3ccncc3)C2C)cc1. The predicted octanol–water partition coefficient (Wildman–Crippen LogP) is 1.41. The molecule has 1 aromatic carbocycles. The molecule has 1 saturated heterocycles. The first-order valence-corrected chi connectivity index (χ1v) is 8.00. The fourth-order valence-corrected chi connectivity index (χ4v) is 2.86. The molecule has 0 saturated carbocycles. The van der Waals surface area contributed by atoms with Gasteiger partial charge in [-0.05, 0) is 42.0 Å². The van der Waals surface area contributed by atoms with Gasteiger partial charge in [0.05, 0.1) is 24.9 Å². The van der Waals surface area contributed by atoms with E-state index in [4.69, 9.17) is 0 Å². The lowest BCUT2D eigenvalue weighted by Crippen LogP contribution is -2.46. The van der Waals surface area contributed by atoms with Crippen LogP contribution in [0.3, 0.4) is 0 Å². The Morgan fingerprint density at radius 3 is 2.32 bits per heavy atom. The van der Waals surface area contributed by atoms with Crippen molar-refractivity contribution in [1.29, 1.82) is 0 Å². The van der Waals surface area contributed by atoms with Gasteiger partial charge in [0.2, 0.25) is 0 Å². The number of amides is 1. The topological polar surface area (TPSA) is 92.4 Å². The van der Waals surface area contributed by atoms with Crippen LogP contribution in [0.5, 0.6) is 0 Å². The summed E-state index contributed by atoms with van der Waals surface area (Å²) in [5.74, 6) is -0.499. The summed E-state index contributed by atoms with van der Waals surface area (Å²) in [5, 5.41) is 2.96. The van der Waals surface area contributed by atoms with E-state index >= 15 is 0 Å². The fourth-order valence-electron chi connectivity index (χ4n) is 2.86. The Kier molecular flexibility index (Phi) is 5.06. The third-order valence-corrected chi connectivity index (χ3v) is 4.37. The third kappa shape index (κ3) is 3.67. The van der Waals surface area contributed by atoms with Gasteiger partial charge >= 0.3 is 5.97 Å². The second-order valence-corrected chi connectivity index (χ2v) is 5.93. The van der Waals surface area contributed by atoms with Crippen LogP contribution in [-0.2, 0) is 4.74 Å².